The van der Waals surface area contributed by atoms with Gasteiger partial charge in [0.25, 0.3) is 0 Å². The molecular formula is C16H23BrFNO. The van der Waals surface area contributed by atoms with Gasteiger partial charge in [0.15, 0.2) is 0 Å². The Hall–Kier alpha value is -0.450. The average molecular weight is 344 g/mol. The van der Waals surface area contributed by atoms with E-state index in [1.165, 1.54) is 38.2 Å². The maximum atomic E-state index is 13.6. The minimum absolute atomic E-state index is 0.162. The molecule has 1 aliphatic carbocycles. The van der Waals surface area contributed by atoms with E-state index in [9.17, 15) is 4.39 Å². The first-order valence-corrected chi connectivity index (χ1v) is 8.31. The molecule has 0 bridgehead atoms. The van der Waals surface area contributed by atoms with Crippen molar-refractivity contribution in [3.05, 3.63) is 34.1 Å². The highest BCUT2D eigenvalue weighted by molar-refractivity contribution is 9.10. The third-order valence-electron chi connectivity index (χ3n) is 3.73. The largest absolute Gasteiger partial charge is 0.378 e. The number of ether oxygens (including phenoxy) is 1. The van der Waals surface area contributed by atoms with Crippen LogP contribution in [0.2, 0.25) is 0 Å². The van der Waals surface area contributed by atoms with Crippen molar-refractivity contribution in [2.75, 3.05) is 13.2 Å². The molecule has 2 nitrogen and oxygen atoms in total. The fourth-order valence-electron chi connectivity index (χ4n) is 2.57. The summed E-state index contributed by atoms with van der Waals surface area (Å²) in [6, 6.07) is 5.18. The second kappa shape index (κ2) is 8.75. The zero-order chi connectivity index (χ0) is 14.2. The van der Waals surface area contributed by atoms with Crippen LogP contribution in [0.1, 0.15) is 44.1 Å². The Kier molecular flexibility index (Phi) is 6.97. The van der Waals surface area contributed by atoms with E-state index >= 15 is 0 Å². The van der Waals surface area contributed by atoms with Gasteiger partial charge in [0, 0.05) is 23.2 Å². The molecule has 0 aromatic heterocycles. The van der Waals surface area contributed by atoms with Gasteiger partial charge in [-0.3, -0.25) is 0 Å². The highest BCUT2D eigenvalue weighted by Gasteiger charge is 2.12. The van der Waals surface area contributed by atoms with Gasteiger partial charge in [-0.2, -0.15) is 0 Å². The molecule has 0 unspecified atom stereocenters. The Balaban J connectivity index is 1.55. The van der Waals surface area contributed by atoms with Gasteiger partial charge in [-0.25, -0.2) is 4.39 Å². The number of hydrogen-bond donors (Lipinski definition) is 1. The first-order valence-electron chi connectivity index (χ1n) is 7.52. The molecule has 0 heterocycles. The summed E-state index contributed by atoms with van der Waals surface area (Å²) in [6.07, 6.45) is 7.88. The first-order chi connectivity index (χ1) is 9.75. The van der Waals surface area contributed by atoms with Crippen molar-refractivity contribution in [3.63, 3.8) is 0 Å². The Morgan fingerprint density at radius 1 is 1.25 bits per heavy atom. The molecule has 2 rings (SSSR count). The predicted molar refractivity (Wildman–Crippen MR) is 83.2 cm³/mol. The van der Waals surface area contributed by atoms with Gasteiger partial charge in [-0.15, -0.1) is 0 Å². The number of hydrogen-bond acceptors (Lipinski definition) is 2. The van der Waals surface area contributed by atoms with Crippen molar-refractivity contribution in [2.24, 2.45) is 0 Å². The smallest absolute Gasteiger partial charge is 0.128 e. The van der Waals surface area contributed by atoms with Crippen LogP contribution in [0.4, 0.5) is 4.39 Å². The van der Waals surface area contributed by atoms with Crippen LogP contribution in [0.25, 0.3) is 0 Å². The Bertz CT molecular complexity index is 407. The Morgan fingerprint density at radius 3 is 2.80 bits per heavy atom. The van der Waals surface area contributed by atoms with Crippen LogP contribution in [0, 0.1) is 5.82 Å². The topological polar surface area (TPSA) is 21.3 Å². The molecular weight excluding hydrogens is 321 g/mol. The SMILES string of the molecule is Fc1cc(Br)ccc1CNCCCOC1CCCCC1. The monoisotopic (exact) mass is 343 g/mol. The maximum Gasteiger partial charge on any atom is 0.128 e. The molecule has 1 fully saturated rings. The Labute approximate surface area is 129 Å². The zero-order valence-electron chi connectivity index (χ0n) is 11.8. The molecule has 1 saturated carbocycles. The molecule has 20 heavy (non-hydrogen) atoms. The molecule has 1 N–H and O–H groups in total. The lowest BCUT2D eigenvalue weighted by atomic mass is 9.98. The van der Waals surface area contributed by atoms with E-state index in [0.717, 1.165) is 24.0 Å². The van der Waals surface area contributed by atoms with E-state index in [0.29, 0.717) is 18.2 Å². The number of halogens is 2. The highest BCUT2D eigenvalue weighted by atomic mass is 79.9. The second-order valence-electron chi connectivity index (χ2n) is 5.40. The third-order valence-corrected chi connectivity index (χ3v) is 4.23. The number of benzene rings is 1. The molecule has 0 amide bonds. The van der Waals surface area contributed by atoms with Crippen molar-refractivity contribution < 1.29 is 9.13 Å². The van der Waals surface area contributed by atoms with Crippen LogP contribution in [0.3, 0.4) is 0 Å². The van der Waals surface area contributed by atoms with Crippen molar-refractivity contribution >= 4 is 15.9 Å². The molecule has 0 spiro atoms. The fraction of sp³-hybridized carbons (Fsp3) is 0.625. The van der Waals surface area contributed by atoms with Crippen LogP contribution in [0.5, 0.6) is 0 Å². The molecule has 1 aromatic carbocycles. The summed E-state index contributed by atoms with van der Waals surface area (Å²) >= 11 is 3.26. The van der Waals surface area contributed by atoms with E-state index in [1.54, 1.807) is 0 Å². The minimum atomic E-state index is -0.162. The van der Waals surface area contributed by atoms with Crippen LogP contribution in [0.15, 0.2) is 22.7 Å². The average Bonchev–Trinajstić information content (AvgIpc) is 2.46. The summed E-state index contributed by atoms with van der Waals surface area (Å²) in [4.78, 5) is 0. The summed E-state index contributed by atoms with van der Waals surface area (Å²) in [5, 5.41) is 3.26. The van der Waals surface area contributed by atoms with Gasteiger partial charge < -0.3 is 10.1 Å². The number of rotatable bonds is 7. The van der Waals surface area contributed by atoms with Crippen LogP contribution >= 0.6 is 15.9 Å². The van der Waals surface area contributed by atoms with Gasteiger partial charge in [-0.05, 0) is 37.9 Å². The van der Waals surface area contributed by atoms with Gasteiger partial charge in [-0.1, -0.05) is 41.3 Å². The summed E-state index contributed by atoms with van der Waals surface area (Å²) in [5.41, 5.74) is 0.710. The van der Waals surface area contributed by atoms with Crippen LogP contribution < -0.4 is 5.32 Å². The molecule has 0 saturated heterocycles. The zero-order valence-corrected chi connectivity index (χ0v) is 13.4. The minimum Gasteiger partial charge on any atom is -0.378 e. The normalized spacial score (nSPS) is 16.5. The first kappa shape index (κ1) is 15.9. The molecule has 0 aliphatic heterocycles. The lowest BCUT2D eigenvalue weighted by Crippen LogP contribution is -2.21. The van der Waals surface area contributed by atoms with E-state index in [4.69, 9.17) is 4.74 Å². The predicted octanol–water partition coefficient (Wildman–Crippen LogP) is 4.42. The molecule has 4 heteroatoms. The van der Waals surface area contributed by atoms with E-state index in [-0.39, 0.29) is 5.82 Å². The van der Waals surface area contributed by atoms with Gasteiger partial charge >= 0.3 is 0 Å². The van der Waals surface area contributed by atoms with Crippen molar-refractivity contribution in [1.82, 2.24) is 5.32 Å². The maximum absolute atomic E-state index is 13.6. The molecule has 0 atom stereocenters. The van der Waals surface area contributed by atoms with E-state index in [1.807, 2.05) is 12.1 Å². The fourth-order valence-corrected chi connectivity index (χ4v) is 2.90. The molecule has 1 aliphatic rings. The summed E-state index contributed by atoms with van der Waals surface area (Å²) in [5.74, 6) is -0.162. The lowest BCUT2D eigenvalue weighted by Gasteiger charge is -2.21. The van der Waals surface area contributed by atoms with E-state index < -0.39 is 0 Å². The quantitative estimate of drug-likeness (QED) is 0.740. The van der Waals surface area contributed by atoms with Crippen molar-refractivity contribution in [3.8, 4) is 0 Å². The lowest BCUT2D eigenvalue weighted by molar-refractivity contribution is 0.0273. The highest BCUT2D eigenvalue weighted by Crippen LogP contribution is 2.20. The van der Waals surface area contributed by atoms with Gasteiger partial charge in [0.2, 0.25) is 0 Å². The van der Waals surface area contributed by atoms with Gasteiger partial charge in [0.05, 0.1) is 6.10 Å². The third kappa shape index (κ3) is 5.51. The Morgan fingerprint density at radius 2 is 2.05 bits per heavy atom. The standard InChI is InChI=1S/C16H23BrFNO/c17-14-8-7-13(16(18)11-14)12-19-9-4-10-20-15-5-2-1-3-6-15/h7-8,11,15,19H,1-6,9-10,12H2. The summed E-state index contributed by atoms with van der Waals surface area (Å²) < 4.78 is 20.2. The van der Waals surface area contributed by atoms with Crippen LogP contribution in [-0.4, -0.2) is 19.3 Å². The van der Waals surface area contributed by atoms with Crippen molar-refractivity contribution in [2.45, 2.75) is 51.2 Å². The van der Waals surface area contributed by atoms with Crippen molar-refractivity contribution in [1.29, 1.82) is 0 Å². The second-order valence-corrected chi connectivity index (χ2v) is 6.31. The van der Waals surface area contributed by atoms with Crippen LogP contribution in [-0.2, 0) is 11.3 Å². The summed E-state index contributed by atoms with van der Waals surface area (Å²) in [6.45, 7) is 2.24. The van der Waals surface area contributed by atoms with Gasteiger partial charge in [0.1, 0.15) is 5.82 Å². The number of nitrogens with one attached hydrogen (secondary N) is 1. The molecule has 112 valence electrons. The summed E-state index contributed by atoms with van der Waals surface area (Å²) in [7, 11) is 0. The van der Waals surface area contributed by atoms with E-state index in [2.05, 4.69) is 21.2 Å². The molecule has 0 radical (unpaired) electrons. The molecule has 1 aromatic rings.